The summed E-state index contributed by atoms with van der Waals surface area (Å²) in [6, 6.07) is 6.20. The average Bonchev–Trinajstić information content (AvgIpc) is 2.34. The van der Waals surface area contributed by atoms with E-state index in [0.29, 0.717) is 12.0 Å². The third-order valence-corrected chi connectivity index (χ3v) is 2.69. The number of carboxylic acid groups (broad SMARTS) is 1. The maximum absolute atomic E-state index is 11.4. The number of methoxy groups -OCH3 is 1. The van der Waals surface area contributed by atoms with Crippen LogP contribution < -0.4 is 0 Å². The van der Waals surface area contributed by atoms with Gasteiger partial charge in [-0.15, -0.1) is 0 Å². The lowest BCUT2D eigenvalue weighted by molar-refractivity contribution is -0.142. The van der Waals surface area contributed by atoms with Gasteiger partial charge in [0, 0.05) is 0 Å². The summed E-state index contributed by atoms with van der Waals surface area (Å²) in [6.07, 6.45) is 0.340. The monoisotopic (exact) mass is 251 g/mol. The molecule has 18 heavy (non-hydrogen) atoms. The fourth-order valence-electron chi connectivity index (χ4n) is 1.66. The summed E-state index contributed by atoms with van der Waals surface area (Å²) in [5, 5.41) is 9.10. The number of carbonyl (C=O) groups excluding carboxylic acids is 1. The van der Waals surface area contributed by atoms with E-state index in [9.17, 15) is 9.59 Å². The maximum atomic E-state index is 11.4. The lowest BCUT2D eigenvalue weighted by atomic mass is 10.0. The quantitative estimate of drug-likeness (QED) is 0.792. The Hall–Kier alpha value is -1.88. The second kappa shape index (κ2) is 6.16. The van der Waals surface area contributed by atoms with Gasteiger partial charge in [-0.1, -0.05) is 12.1 Å². The van der Waals surface area contributed by atoms with Gasteiger partial charge in [0.2, 0.25) is 0 Å². The molecule has 0 aliphatic carbocycles. The van der Waals surface area contributed by atoms with E-state index in [4.69, 9.17) is 5.11 Å². The van der Waals surface area contributed by atoms with Crippen molar-refractivity contribution in [1.29, 1.82) is 0 Å². The number of carbonyl (C=O) groups is 2. The number of ether oxygens (including phenoxy) is 1. The minimum absolute atomic E-state index is 0.340. The molecular formula is C13H17NO4. The molecule has 98 valence electrons. The first-order valence-electron chi connectivity index (χ1n) is 5.52. The van der Waals surface area contributed by atoms with Crippen LogP contribution in [0.15, 0.2) is 24.3 Å². The third kappa shape index (κ3) is 3.56. The van der Waals surface area contributed by atoms with E-state index in [1.54, 1.807) is 43.3 Å². The normalized spacial score (nSPS) is 12.2. The van der Waals surface area contributed by atoms with Crippen molar-refractivity contribution < 1.29 is 19.4 Å². The summed E-state index contributed by atoms with van der Waals surface area (Å²) >= 11 is 0. The fraction of sp³-hybridized carbons (Fsp3) is 0.385. The van der Waals surface area contributed by atoms with Crippen molar-refractivity contribution in [2.75, 3.05) is 21.2 Å². The summed E-state index contributed by atoms with van der Waals surface area (Å²) < 4.78 is 4.63. The largest absolute Gasteiger partial charge is 0.480 e. The smallest absolute Gasteiger partial charge is 0.337 e. The van der Waals surface area contributed by atoms with Crippen LogP contribution in [0.4, 0.5) is 0 Å². The number of likely N-dealkylation sites (N-methyl/N-ethyl adjacent to an activating group) is 1. The maximum Gasteiger partial charge on any atom is 0.337 e. The van der Waals surface area contributed by atoms with Crippen molar-refractivity contribution in [1.82, 2.24) is 4.90 Å². The third-order valence-electron chi connectivity index (χ3n) is 2.69. The molecule has 0 fully saturated rings. The first-order valence-corrected chi connectivity index (χ1v) is 5.52. The van der Waals surface area contributed by atoms with Crippen molar-refractivity contribution in [3.05, 3.63) is 35.4 Å². The molecule has 0 aliphatic rings. The predicted molar refractivity (Wildman–Crippen MR) is 66.6 cm³/mol. The Labute approximate surface area is 106 Å². The molecule has 1 atom stereocenters. The minimum atomic E-state index is -0.886. The van der Waals surface area contributed by atoms with Gasteiger partial charge in [0.05, 0.1) is 12.7 Å². The summed E-state index contributed by atoms with van der Waals surface area (Å²) in [7, 11) is 4.74. The summed E-state index contributed by atoms with van der Waals surface area (Å²) in [5.74, 6) is -1.31. The molecule has 0 aliphatic heterocycles. The molecule has 0 amide bonds. The molecule has 0 heterocycles. The molecule has 0 saturated carbocycles. The molecule has 0 spiro atoms. The fourth-order valence-corrected chi connectivity index (χ4v) is 1.66. The van der Waals surface area contributed by atoms with Gasteiger partial charge >= 0.3 is 11.9 Å². The molecular weight excluding hydrogens is 234 g/mol. The number of benzene rings is 1. The number of hydrogen-bond donors (Lipinski definition) is 1. The highest BCUT2D eigenvalue weighted by Crippen LogP contribution is 2.11. The Morgan fingerprint density at radius 3 is 2.56 bits per heavy atom. The van der Waals surface area contributed by atoms with Crippen LogP contribution in [0.2, 0.25) is 0 Å². The molecule has 0 radical (unpaired) electrons. The van der Waals surface area contributed by atoms with Crippen molar-refractivity contribution >= 4 is 11.9 Å². The summed E-state index contributed by atoms with van der Waals surface area (Å²) in [4.78, 5) is 24.1. The van der Waals surface area contributed by atoms with Gasteiger partial charge in [0.15, 0.2) is 0 Å². The number of nitrogens with zero attached hydrogens (tertiary/aromatic N) is 1. The second-order valence-electron chi connectivity index (χ2n) is 4.21. The van der Waals surface area contributed by atoms with E-state index in [0.717, 1.165) is 5.56 Å². The van der Waals surface area contributed by atoms with E-state index >= 15 is 0 Å². The zero-order chi connectivity index (χ0) is 13.7. The van der Waals surface area contributed by atoms with Crippen molar-refractivity contribution in [2.45, 2.75) is 12.5 Å². The van der Waals surface area contributed by atoms with E-state index in [1.807, 2.05) is 0 Å². The highest BCUT2D eigenvalue weighted by molar-refractivity contribution is 5.89. The minimum Gasteiger partial charge on any atom is -0.480 e. The van der Waals surface area contributed by atoms with Crippen molar-refractivity contribution in [3.8, 4) is 0 Å². The van der Waals surface area contributed by atoms with Crippen LogP contribution in [0.1, 0.15) is 15.9 Å². The van der Waals surface area contributed by atoms with E-state index in [1.165, 1.54) is 7.11 Å². The van der Waals surface area contributed by atoms with Gasteiger partial charge in [0.1, 0.15) is 6.04 Å². The molecule has 1 aromatic carbocycles. The van der Waals surface area contributed by atoms with Gasteiger partial charge in [0.25, 0.3) is 0 Å². The van der Waals surface area contributed by atoms with Gasteiger partial charge < -0.3 is 9.84 Å². The molecule has 5 heteroatoms. The van der Waals surface area contributed by atoms with Crippen LogP contribution in [0.3, 0.4) is 0 Å². The van der Waals surface area contributed by atoms with E-state index in [2.05, 4.69) is 4.74 Å². The Morgan fingerprint density at radius 2 is 2.06 bits per heavy atom. The van der Waals surface area contributed by atoms with E-state index < -0.39 is 18.0 Å². The zero-order valence-electron chi connectivity index (χ0n) is 10.7. The lowest BCUT2D eigenvalue weighted by Gasteiger charge is -2.20. The molecule has 1 N–H and O–H groups in total. The molecule has 0 bridgehead atoms. The summed E-state index contributed by atoms with van der Waals surface area (Å²) in [5.41, 5.74) is 1.22. The summed E-state index contributed by atoms with van der Waals surface area (Å²) in [6.45, 7) is 0. The van der Waals surface area contributed by atoms with E-state index in [-0.39, 0.29) is 0 Å². The highest BCUT2D eigenvalue weighted by Gasteiger charge is 2.20. The van der Waals surface area contributed by atoms with Crippen molar-refractivity contribution in [2.24, 2.45) is 0 Å². The van der Waals surface area contributed by atoms with Crippen molar-refractivity contribution in [3.63, 3.8) is 0 Å². The first kappa shape index (κ1) is 14.2. The average molecular weight is 251 g/mol. The highest BCUT2D eigenvalue weighted by atomic mass is 16.5. The lowest BCUT2D eigenvalue weighted by Crippen LogP contribution is -2.37. The molecule has 0 aromatic heterocycles. The number of carboxylic acids is 1. The molecule has 1 rings (SSSR count). The van der Waals surface area contributed by atoms with Gasteiger partial charge in [-0.3, -0.25) is 9.69 Å². The SMILES string of the molecule is COC(=O)c1cccc(CC(C(=O)O)N(C)C)c1. The van der Waals surface area contributed by atoms with Crippen LogP contribution >= 0.6 is 0 Å². The van der Waals surface area contributed by atoms with Crippen LogP contribution in [0.5, 0.6) is 0 Å². The van der Waals surface area contributed by atoms with Gasteiger partial charge in [-0.25, -0.2) is 4.79 Å². The van der Waals surface area contributed by atoms with Gasteiger partial charge in [-0.2, -0.15) is 0 Å². The van der Waals surface area contributed by atoms with Crippen LogP contribution in [0.25, 0.3) is 0 Å². The number of hydrogen-bond acceptors (Lipinski definition) is 4. The Bertz CT molecular complexity index is 442. The molecule has 1 aromatic rings. The van der Waals surface area contributed by atoms with Crippen LogP contribution in [-0.2, 0) is 16.0 Å². The van der Waals surface area contributed by atoms with Crippen LogP contribution in [0, 0.1) is 0 Å². The Kier molecular flexibility index (Phi) is 4.85. The first-order chi connectivity index (χ1) is 8.45. The topological polar surface area (TPSA) is 66.8 Å². The Balaban J connectivity index is 2.90. The molecule has 5 nitrogen and oxygen atoms in total. The Morgan fingerprint density at radius 1 is 1.39 bits per heavy atom. The van der Waals surface area contributed by atoms with Gasteiger partial charge in [-0.05, 0) is 38.2 Å². The zero-order valence-corrected chi connectivity index (χ0v) is 10.7. The van der Waals surface area contributed by atoms with Crippen LogP contribution in [-0.4, -0.2) is 49.2 Å². The molecule has 0 saturated heterocycles. The molecule has 1 unspecified atom stereocenters. The number of rotatable bonds is 5. The standard InChI is InChI=1S/C13H17NO4/c1-14(2)11(12(15)16)8-9-5-4-6-10(7-9)13(17)18-3/h4-7,11H,8H2,1-3H3,(H,15,16). The number of esters is 1. The number of aliphatic carboxylic acids is 1. The predicted octanol–water partition coefficient (Wildman–Crippen LogP) is 1.03. The second-order valence-corrected chi connectivity index (χ2v) is 4.21.